The summed E-state index contributed by atoms with van der Waals surface area (Å²) in [5.41, 5.74) is 2.01. The fourth-order valence-electron chi connectivity index (χ4n) is 3.31. The van der Waals surface area contributed by atoms with Crippen LogP contribution in [-0.2, 0) is 22.6 Å². The minimum atomic E-state index is -0.545. The molecule has 2 amide bonds. The van der Waals surface area contributed by atoms with E-state index in [-0.39, 0.29) is 30.9 Å². The van der Waals surface area contributed by atoms with Gasteiger partial charge in [0.1, 0.15) is 13.2 Å². The SMILES string of the molecule is COc1cc(CCC(=O)N2C(=O)OC[C@@H]2C(C)C)ccc1OCc1ccccc1. The summed E-state index contributed by atoms with van der Waals surface area (Å²) in [6.07, 6.45) is 0.185. The molecule has 1 saturated heterocycles. The van der Waals surface area contributed by atoms with E-state index in [2.05, 4.69) is 0 Å². The Labute approximate surface area is 171 Å². The minimum Gasteiger partial charge on any atom is -0.493 e. The lowest BCUT2D eigenvalue weighted by atomic mass is 10.0. The number of carbonyl (C=O) groups excluding carboxylic acids is 2. The number of aryl methyl sites for hydroxylation is 1. The van der Waals surface area contributed by atoms with Crippen molar-refractivity contribution >= 4 is 12.0 Å². The van der Waals surface area contributed by atoms with Crippen molar-refractivity contribution in [1.82, 2.24) is 4.90 Å². The molecule has 0 spiro atoms. The molecular weight excluding hydrogens is 370 g/mol. The van der Waals surface area contributed by atoms with E-state index in [9.17, 15) is 9.59 Å². The van der Waals surface area contributed by atoms with Crippen LogP contribution in [0.3, 0.4) is 0 Å². The van der Waals surface area contributed by atoms with Crippen LogP contribution in [0.4, 0.5) is 4.79 Å². The van der Waals surface area contributed by atoms with Crippen LogP contribution in [0, 0.1) is 5.92 Å². The van der Waals surface area contributed by atoms with Gasteiger partial charge in [-0.15, -0.1) is 0 Å². The van der Waals surface area contributed by atoms with Crippen LogP contribution in [0.25, 0.3) is 0 Å². The van der Waals surface area contributed by atoms with E-state index in [1.54, 1.807) is 7.11 Å². The number of amides is 2. The van der Waals surface area contributed by atoms with Crippen LogP contribution >= 0.6 is 0 Å². The third kappa shape index (κ3) is 5.08. The summed E-state index contributed by atoms with van der Waals surface area (Å²) in [5.74, 6) is 1.21. The van der Waals surface area contributed by atoms with Gasteiger partial charge in [0.05, 0.1) is 13.2 Å². The van der Waals surface area contributed by atoms with E-state index in [1.165, 1.54) is 4.90 Å². The molecule has 29 heavy (non-hydrogen) atoms. The van der Waals surface area contributed by atoms with E-state index in [1.807, 2.05) is 62.4 Å². The Morgan fingerprint density at radius 3 is 2.59 bits per heavy atom. The molecule has 2 aromatic rings. The van der Waals surface area contributed by atoms with E-state index in [0.717, 1.165) is 11.1 Å². The van der Waals surface area contributed by atoms with Gasteiger partial charge in [-0.25, -0.2) is 9.69 Å². The molecule has 0 saturated carbocycles. The Kier molecular flexibility index (Phi) is 6.75. The normalized spacial score (nSPS) is 16.1. The number of carbonyl (C=O) groups is 2. The largest absolute Gasteiger partial charge is 0.493 e. The van der Waals surface area contributed by atoms with Gasteiger partial charge in [-0.1, -0.05) is 50.2 Å². The van der Waals surface area contributed by atoms with Crippen molar-refractivity contribution in [3.05, 3.63) is 59.7 Å². The zero-order valence-corrected chi connectivity index (χ0v) is 17.1. The fourth-order valence-corrected chi connectivity index (χ4v) is 3.31. The van der Waals surface area contributed by atoms with E-state index in [0.29, 0.717) is 24.5 Å². The molecular formula is C23H27NO5. The van der Waals surface area contributed by atoms with E-state index < -0.39 is 6.09 Å². The molecule has 0 unspecified atom stereocenters. The van der Waals surface area contributed by atoms with Crippen LogP contribution in [0.1, 0.15) is 31.4 Å². The Balaban J connectivity index is 1.61. The number of benzene rings is 2. The highest BCUT2D eigenvalue weighted by Gasteiger charge is 2.39. The van der Waals surface area contributed by atoms with Gasteiger partial charge in [-0.2, -0.15) is 0 Å². The molecule has 6 heteroatoms. The van der Waals surface area contributed by atoms with Crippen molar-refractivity contribution in [3.63, 3.8) is 0 Å². The second-order valence-electron chi connectivity index (χ2n) is 7.41. The number of nitrogens with zero attached hydrogens (tertiary/aromatic N) is 1. The van der Waals surface area contributed by atoms with Gasteiger partial charge in [0.15, 0.2) is 11.5 Å². The van der Waals surface area contributed by atoms with Crippen LogP contribution in [-0.4, -0.2) is 36.7 Å². The van der Waals surface area contributed by atoms with Crippen LogP contribution in [0.15, 0.2) is 48.5 Å². The van der Waals surface area contributed by atoms with Crippen LogP contribution in [0.2, 0.25) is 0 Å². The smallest absolute Gasteiger partial charge is 0.416 e. The van der Waals surface area contributed by atoms with Crippen molar-refractivity contribution in [2.24, 2.45) is 5.92 Å². The molecule has 0 aromatic heterocycles. The molecule has 1 aliphatic rings. The summed E-state index contributed by atoms with van der Waals surface area (Å²) in [6, 6.07) is 15.3. The predicted octanol–water partition coefficient (Wildman–Crippen LogP) is 4.21. The molecule has 1 aliphatic heterocycles. The average Bonchev–Trinajstić information content (AvgIpc) is 3.13. The molecule has 0 bridgehead atoms. The van der Waals surface area contributed by atoms with Crippen LogP contribution < -0.4 is 9.47 Å². The molecule has 0 N–H and O–H groups in total. The Hall–Kier alpha value is -3.02. The molecule has 2 aromatic carbocycles. The minimum absolute atomic E-state index is 0.159. The highest BCUT2D eigenvalue weighted by atomic mass is 16.6. The van der Waals surface area contributed by atoms with Gasteiger partial charge >= 0.3 is 6.09 Å². The quantitative estimate of drug-likeness (QED) is 0.668. The van der Waals surface area contributed by atoms with E-state index in [4.69, 9.17) is 14.2 Å². The molecule has 3 rings (SSSR count). The first-order chi connectivity index (χ1) is 14.0. The van der Waals surface area contributed by atoms with Crippen molar-refractivity contribution in [2.75, 3.05) is 13.7 Å². The standard InChI is InChI=1S/C23H27NO5/c1-16(2)19-15-29-23(26)24(19)22(25)12-10-17-9-11-20(21(13-17)27-3)28-14-18-7-5-4-6-8-18/h4-9,11,13,16,19H,10,12,14-15H2,1-3H3/t19-/m1/s1. The summed E-state index contributed by atoms with van der Waals surface area (Å²) >= 11 is 0. The molecule has 154 valence electrons. The first-order valence-corrected chi connectivity index (χ1v) is 9.82. The summed E-state index contributed by atoms with van der Waals surface area (Å²) in [7, 11) is 1.59. The van der Waals surface area contributed by atoms with Crippen molar-refractivity contribution in [1.29, 1.82) is 0 Å². The van der Waals surface area contributed by atoms with Gasteiger partial charge < -0.3 is 14.2 Å². The average molecular weight is 397 g/mol. The monoisotopic (exact) mass is 397 g/mol. The summed E-state index contributed by atoms with van der Waals surface area (Å²) < 4.78 is 16.4. The van der Waals surface area contributed by atoms with Crippen molar-refractivity contribution < 1.29 is 23.8 Å². The second-order valence-corrected chi connectivity index (χ2v) is 7.41. The zero-order chi connectivity index (χ0) is 20.8. The van der Waals surface area contributed by atoms with Gasteiger partial charge in [0.25, 0.3) is 0 Å². The van der Waals surface area contributed by atoms with Gasteiger partial charge in [-0.05, 0) is 35.6 Å². The summed E-state index contributed by atoms with van der Waals surface area (Å²) in [5, 5.41) is 0. The fraction of sp³-hybridized carbons (Fsp3) is 0.391. The van der Waals surface area contributed by atoms with Gasteiger partial charge in [-0.3, -0.25) is 4.79 Å². The van der Waals surface area contributed by atoms with Crippen molar-refractivity contribution in [2.45, 2.75) is 39.3 Å². The van der Waals surface area contributed by atoms with Gasteiger partial charge in [0, 0.05) is 6.42 Å². The number of ether oxygens (including phenoxy) is 3. The van der Waals surface area contributed by atoms with Crippen molar-refractivity contribution in [3.8, 4) is 11.5 Å². The second kappa shape index (κ2) is 9.45. The lowest BCUT2D eigenvalue weighted by Gasteiger charge is -2.22. The molecule has 0 aliphatic carbocycles. The zero-order valence-electron chi connectivity index (χ0n) is 17.1. The summed E-state index contributed by atoms with van der Waals surface area (Å²) in [4.78, 5) is 25.8. The van der Waals surface area contributed by atoms with Gasteiger partial charge in [0.2, 0.25) is 5.91 Å². The Morgan fingerprint density at radius 1 is 1.14 bits per heavy atom. The maximum absolute atomic E-state index is 12.6. The third-order valence-electron chi connectivity index (χ3n) is 5.04. The molecule has 0 radical (unpaired) electrons. The first kappa shape index (κ1) is 20.7. The Bertz CT molecular complexity index is 850. The third-order valence-corrected chi connectivity index (χ3v) is 5.04. The summed E-state index contributed by atoms with van der Waals surface area (Å²) in [6.45, 7) is 4.67. The number of imide groups is 1. The predicted molar refractivity (Wildman–Crippen MR) is 109 cm³/mol. The number of hydrogen-bond acceptors (Lipinski definition) is 5. The topological polar surface area (TPSA) is 65.1 Å². The number of methoxy groups -OCH3 is 1. The molecule has 1 heterocycles. The number of rotatable bonds is 8. The van der Waals surface area contributed by atoms with E-state index >= 15 is 0 Å². The molecule has 1 fully saturated rings. The lowest BCUT2D eigenvalue weighted by Crippen LogP contribution is -2.41. The number of hydrogen-bond donors (Lipinski definition) is 0. The molecule has 1 atom stereocenters. The lowest BCUT2D eigenvalue weighted by molar-refractivity contribution is -0.129. The number of cyclic esters (lactones) is 1. The van der Waals surface area contributed by atoms with Crippen LogP contribution in [0.5, 0.6) is 11.5 Å². The highest BCUT2D eigenvalue weighted by Crippen LogP contribution is 2.29. The first-order valence-electron chi connectivity index (χ1n) is 9.82. The Morgan fingerprint density at radius 2 is 1.90 bits per heavy atom. The maximum Gasteiger partial charge on any atom is 0.416 e. The highest BCUT2D eigenvalue weighted by molar-refractivity contribution is 5.93. The maximum atomic E-state index is 12.6. The molecule has 6 nitrogen and oxygen atoms in total.